The number of carbonyl (C=O) groups excluding carboxylic acids is 1. The van der Waals surface area contributed by atoms with E-state index in [4.69, 9.17) is 0 Å². The van der Waals surface area contributed by atoms with Crippen molar-refractivity contribution in [2.75, 3.05) is 11.1 Å². The van der Waals surface area contributed by atoms with Gasteiger partial charge in [-0.2, -0.15) is 4.98 Å². The van der Waals surface area contributed by atoms with Crippen LogP contribution in [0.5, 0.6) is 0 Å². The van der Waals surface area contributed by atoms with Gasteiger partial charge in [0.25, 0.3) is 0 Å². The lowest BCUT2D eigenvalue weighted by Gasteiger charge is -2.32. The van der Waals surface area contributed by atoms with Gasteiger partial charge in [-0.15, -0.1) is 5.10 Å². The van der Waals surface area contributed by atoms with E-state index >= 15 is 0 Å². The van der Waals surface area contributed by atoms with Crippen LogP contribution < -0.4 is 5.32 Å². The fourth-order valence-corrected chi connectivity index (χ4v) is 4.03. The third kappa shape index (κ3) is 2.97. The molecule has 1 aromatic carbocycles. The van der Waals surface area contributed by atoms with Gasteiger partial charge in [0, 0.05) is 23.4 Å². The van der Waals surface area contributed by atoms with E-state index in [1.165, 1.54) is 12.1 Å². The van der Waals surface area contributed by atoms with Crippen LogP contribution in [-0.2, 0) is 4.79 Å². The van der Waals surface area contributed by atoms with Crippen LogP contribution in [0.4, 0.5) is 10.3 Å². The van der Waals surface area contributed by atoms with Gasteiger partial charge in [0.15, 0.2) is 5.78 Å². The van der Waals surface area contributed by atoms with Crippen molar-refractivity contribution in [2.24, 2.45) is 0 Å². The van der Waals surface area contributed by atoms with Crippen LogP contribution in [0.3, 0.4) is 0 Å². The van der Waals surface area contributed by atoms with Crippen molar-refractivity contribution in [1.29, 1.82) is 0 Å². The first-order valence-electron chi connectivity index (χ1n) is 8.55. The van der Waals surface area contributed by atoms with E-state index < -0.39 is 0 Å². The molecule has 4 rings (SSSR count). The van der Waals surface area contributed by atoms with Gasteiger partial charge >= 0.3 is 0 Å². The highest BCUT2D eigenvalue weighted by molar-refractivity contribution is 7.99. The quantitative estimate of drug-likeness (QED) is 0.839. The number of nitrogens with zero attached hydrogens (tertiary/aromatic N) is 3. The van der Waals surface area contributed by atoms with Gasteiger partial charge < -0.3 is 5.32 Å². The number of allylic oxidation sites excluding steroid dienone is 2. The van der Waals surface area contributed by atoms with Crippen molar-refractivity contribution < 1.29 is 9.18 Å². The van der Waals surface area contributed by atoms with Crippen LogP contribution in [0, 0.1) is 5.82 Å². The first-order chi connectivity index (χ1) is 12.2. The number of aromatic nitrogens is 3. The Kier molecular flexibility index (Phi) is 4.33. The lowest BCUT2D eigenvalue weighted by atomic mass is 9.85. The average molecular weight is 358 g/mol. The Bertz CT molecular complexity index is 843. The number of halogens is 1. The summed E-state index contributed by atoms with van der Waals surface area (Å²) in [6, 6.07) is 5.95. The fraction of sp³-hybridized carbons (Fsp3) is 0.389. The molecule has 1 aliphatic heterocycles. The van der Waals surface area contributed by atoms with Gasteiger partial charge in [-0.05, 0) is 37.0 Å². The molecule has 0 bridgehead atoms. The molecule has 25 heavy (non-hydrogen) atoms. The van der Waals surface area contributed by atoms with Crippen molar-refractivity contribution in [2.45, 2.75) is 43.8 Å². The van der Waals surface area contributed by atoms with Crippen LogP contribution in [0.25, 0.3) is 0 Å². The van der Waals surface area contributed by atoms with E-state index in [1.54, 1.807) is 28.6 Å². The normalized spacial score (nSPS) is 19.4. The number of nitrogens with one attached hydrogen (secondary N) is 1. The van der Waals surface area contributed by atoms with E-state index in [2.05, 4.69) is 22.3 Å². The second-order valence-corrected chi connectivity index (χ2v) is 7.32. The van der Waals surface area contributed by atoms with Crippen LogP contribution in [0.2, 0.25) is 0 Å². The Labute approximate surface area is 149 Å². The number of ketones is 1. The highest BCUT2D eigenvalue weighted by Crippen LogP contribution is 2.40. The number of carbonyl (C=O) groups is 1. The predicted octanol–water partition coefficient (Wildman–Crippen LogP) is 3.94. The summed E-state index contributed by atoms with van der Waals surface area (Å²) >= 11 is 1.60. The molecule has 1 aromatic heterocycles. The van der Waals surface area contributed by atoms with Crippen molar-refractivity contribution in [3.05, 3.63) is 46.9 Å². The maximum absolute atomic E-state index is 13.4. The van der Waals surface area contributed by atoms with E-state index in [1.807, 2.05) is 0 Å². The molecule has 1 aliphatic carbocycles. The number of Topliss-reactive ketones (excluding diaryl/α,β-unsaturated/α-hetero) is 1. The number of fused-ring (bicyclic) bond motifs is 1. The molecule has 1 N–H and O–H groups in total. The Morgan fingerprint density at radius 3 is 2.88 bits per heavy atom. The lowest BCUT2D eigenvalue weighted by Crippen LogP contribution is -2.31. The monoisotopic (exact) mass is 358 g/mol. The van der Waals surface area contributed by atoms with E-state index in [-0.39, 0.29) is 17.6 Å². The Balaban J connectivity index is 1.82. The molecule has 0 spiro atoms. The van der Waals surface area contributed by atoms with Crippen LogP contribution >= 0.6 is 11.8 Å². The summed E-state index contributed by atoms with van der Waals surface area (Å²) in [5, 5.41) is 8.62. The van der Waals surface area contributed by atoms with E-state index in [0.717, 1.165) is 41.8 Å². The second kappa shape index (κ2) is 6.63. The summed E-state index contributed by atoms with van der Waals surface area (Å²) in [4.78, 5) is 17.2. The molecule has 0 saturated heterocycles. The largest absolute Gasteiger partial charge is 0.328 e. The molecule has 2 aliphatic rings. The van der Waals surface area contributed by atoms with Gasteiger partial charge in [0.2, 0.25) is 11.1 Å². The molecule has 0 amide bonds. The fourth-order valence-electron chi connectivity index (χ4n) is 3.34. The van der Waals surface area contributed by atoms with Crippen LogP contribution in [-0.4, -0.2) is 26.3 Å². The number of thioether (sulfide) groups is 1. The molecule has 1 atom stereocenters. The summed E-state index contributed by atoms with van der Waals surface area (Å²) in [5.74, 6) is 1.43. The van der Waals surface area contributed by atoms with Crippen molar-refractivity contribution >= 4 is 23.5 Å². The molecule has 1 unspecified atom stereocenters. The number of benzene rings is 1. The smallest absolute Gasteiger partial charge is 0.227 e. The van der Waals surface area contributed by atoms with E-state index in [0.29, 0.717) is 17.5 Å². The molecule has 0 fully saturated rings. The molecule has 7 heteroatoms. The molecular weight excluding hydrogens is 339 g/mol. The summed E-state index contributed by atoms with van der Waals surface area (Å²) in [5.41, 5.74) is 2.52. The summed E-state index contributed by atoms with van der Waals surface area (Å²) in [6.45, 7) is 2.11. The Hall–Kier alpha value is -2.15. The summed E-state index contributed by atoms with van der Waals surface area (Å²) in [6.07, 6.45) is 3.24. The molecular formula is C18H19FN4OS. The SMILES string of the molecule is CCCSc1nc2n(n1)C(c1ccc(F)cc1)C1=C(CCCC1=O)N2. The number of rotatable bonds is 4. The zero-order valence-corrected chi connectivity index (χ0v) is 14.8. The summed E-state index contributed by atoms with van der Waals surface area (Å²) in [7, 11) is 0. The highest BCUT2D eigenvalue weighted by Gasteiger charge is 2.36. The standard InChI is InChI=1S/C18H19FN4OS/c1-2-10-25-18-21-17-20-13-4-3-5-14(24)15(13)16(23(17)22-18)11-6-8-12(19)9-7-11/h6-9,16H,2-5,10H2,1H3,(H,20,21,22). The van der Waals surface area contributed by atoms with Crippen molar-refractivity contribution in [1.82, 2.24) is 14.8 Å². The number of anilines is 1. The minimum Gasteiger partial charge on any atom is -0.328 e. The maximum atomic E-state index is 13.4. The third-order valence-electron chi connectivity index (χ3n) is 4.47. The average Bonchev–Trinajstić information content (AvgIpc) is 3.01. The van der Waals surface area contributed by atoms with Gasteiger partial charge in [0.1, 0.15) is 11.9 Å². The molecule has 0 saturated carbocycles. The predicted molar refractivity (Wildman–Crippen MR) is 95.1 cm³/mol. The number of hydrogen-bond acceptors (Lipinski definition) is 5. The first kappa shape index (κ1) is 16.3. The first-order valence-corrected chi connectivity index (χ1v) is 9.54. The van der Waals surface area contributed by atoms with E-state index in [9.17, 15) is 9.18 Å². The minimum atomic E-state index is -0.344. The zero-order chi connectivity index (χ0) is 17.4. The maximum Gasteiger partial charge on any atom is 0.227 e. The van der Waals surface area contributed by atoms with Crippen molar-refractivity contribution in [3.8, 4) is 0 Å². The lowest BCUT2D eigenvalue weighted by molar-refractivity contribution is -0.116. The topological polar surface area (TPSA) is 59.8 Å². The van der Waals surface area contributed by atoms with Crippen LogP contribution in [0.15, 0.2) is 40.7 Å². The van der Waals surface area contributed by atoms with Gasteiger partial charge in [0.05, 0.1) is 0 Å². The second-order valence-electron chi connectivity index (χ2n) is 6.26. The Morgan fingerprint density at radius 2 is 2.12 bits per heavy atom. The van der Waals surface area contributed by atoms with Gasteiger partial charge in [-0.3, -0.25) is 4.79 Å². The summed E-state index contributed by atoms with van der Waals surface area (Å²) < 4.78 is 15.1. The Morgan fingerprint density at radius 1 is 1.32 bits per heavy atom. The van der Waals surface area contributed by atoms with Crippen molar-refractivity contribution in [3.63, 3.8) is 0 Å². The van der Waals surface area contributed by atoms with Gasteiger partial charge in [-0.1, -0.05) is 30.8 Å². The molecule has 0 radical (unpaired) electrons. The zero-order valence-electron chi connectivity index (χ0n) is 14.0. The minimum absolute atomic E-state index is 0.131. The van der Waals surface area contributed by atoms with Gasteiger partial charge in [-0.25, -0.2) is 9.07 Å². The molecule has 130 valence electrons. The molecule has 5 nitrogen and oxygen atoms in total. The van der Waals surface area contributed by atoms with Crippen LogP contribution in [0.1, 0.15) is 44.2 Å². The highest BCUT2D eigenvalue weighted by atomic mass is 32.2. The third-order valence-corrected chi connectivity index (χ3v) is 5.51. The number of hydrogen-bond donors (Lipinski definition) is 1. The molecule has 2 aromatic rings. The molecule has 2 heterocycles.